The quantitative estimate of drug-likeness (QED) is 0.714. The van der Waals surface area contributed by atoms with E-state index in [0.717, 1.165) is 6.54 Å². The summed E-state index contributed by atoms with van der Waals surface area (Å²) in [5, 5.41) is 9.51. The van der Waals surface area contributed by atoms with Crippen LogP contribution >= 0.6 is 22.7 Å². The summed E-state index contributed by atoms with van der Waals surface area (Å²) < 4.78 is 1.37. The van der Waals surface area contributed by atoms with Gasteiger partial charge in [0.2, 0.25) is 0 Å². The minimum atomic E-state index is 0.321. The fourth-order valence-corrected chi connectivity index (χ4v) is 4.46. The summed E-state index contributed by atoms with van der Waals surface area (Å²) in [6.45, 7) is 5.35. The van der Waals surface area contributed by atoms with Crippen LogP contribution in [0.5, 0.6) is 0 Å². The van der Waals surface area contributed by atoms with Crippen molar-refractivity contribution in [2.45, 2.75) is 19.9 Å². The number of aryl methyl sites for hydroxylation is 1. The number of rotatable bonds is 4. The fourth-order valence-electron chi connectivity index (χ4n) is 2.45. The molecule has 1 unspecified atom stereocenters. The number of nitrogens with one attached hydrogen (secondary N) is 1. The van der Waals surface area contributed by atoms with Gasteiger partial charge in [0.05, 0.1) is 6.04 Å². The van der Waals surface area contributed by atoms with Gasteiger partial charge < -0.3 is 5.32 Å². The molecule has 0 spiro atoms. The van der Waals surface area contributed by atoms with Crippen LogP contribution in [0.15, 0.2) is 41.1 Å². The molecular weight excluding hydrogens is 270 g/mol. The number of thiophene rings is 2. The van der Waals surface area contributed by atoms with Crippen molar-refractivity contribution in [2.75, 3.05) is 6.54 Å². The molecule has 3 aromatic rings. The van der Waals surface area contributed by atoms with Crippen LogP contribution in [-0.4, -0.2) is 6.54 Å². The summed E-state index contributed by atoms with van der Waals surface area (Å²) in [4.78, 5) is 1.44. The van der Waals surface area contributed by atoms with Gasteiger partial charge in [0.15, 0.2) is 0 Å². The number of hydrogen-bond donors (Lipinski definition) is 1. The predicted octanol–water partition coefficient (Wildman–Crippen LogP) is 4.97. The van der Waals surface area contributed by atoms with Crippen LogP contribution in [0.25, 0.3) is 10.1 Å². The molecule has 3 rings (SSSR count). The highest BCUT2D eigenvalue weighted by Crippen LogP contribution is 2.36. The summed E-state index contributed by atoms with van der Waals surface area (Å²) in [6, 6.07) is 11.2. The molecule has 1 atom stereocenters. The van der Waals surface area contributed by atoms with E-state index in [1.54, 1.807) is 0 Å². The van der Waals surface area contributed by atoms with Crippen LogP contribution < -0.4 is 5.32 Å². The van der Waals surface area contributed by atoms with E-state index in [1.807, 2.05) is 22.7 Å². The minimum absolute atomic E-state index is 0.321. The Morgan fingerprint density at radius 1 is 1.16 bits per heavy atom. The smallest absolute Gasteiger partial charge is 0.0687 e. The first kappa shape index (κ1) is 12.9. The third-order valence-electron chi connectivity index (χ3n) is 3.39. The molecule has 0 radical (unpaired) electrons. The molecule has 0 saturated carbocycles. The zero-order chi connectivity index (χ0) is 13.2. The summed E-state index contributed by atoms with van der Waals surface area (Å²) >= 11 is 3.68. The average molecular weight is 287 g/mol. The molecule has 2 heterocycles. The van der Waals surface area contributed by atoms with Gasteiger partial charge in [-0.2, -0.15) is 0 Å². The van der Waals surface area contributed by atoms with Gasteiger partial charge >= 0.3 is 0 Å². The van der Waals surface area contributed by atoms with Crippen molar-refractivity contribution < 1.29 is 0 Å². The highest BCUT2D eigenvalue weighted by atomic mass is 32.1. The summed E-state index contributed by atoms with van der Waals surface area (Å²) in [5.41, 5.74) is 2.79. The SMILES string of the molecule is CCNC(c1sccc1C)c1csc2ccccc12. The van der Waals surface area contributed by atoms with Crippen LogP contribution in [-0.2, 0) is 0 Å². The maximum Gasteiger partial charge on any atom is 0.0687 e. The van der Waals surface area contributed by atoms with Gasteiger partial charge in [-0.15, -0.1) is 22.7 Å². The average Bonchev–Trinajstić information content (AvgIpc) is 3.03. The molecule has 0 amide bonds. The van der Waals surface area contributed by atoms with Crippen molar-refractivity contribution in [3.8, 4) is 0 Å². The van der Waals surface area contributed by atoms with E-state index in [9.17, 15) is 0 Å². The predicted molar refractivity (Wildman–Crippen MR) is 86.4 cm³/mol. The zero-order valence-corrected chi connectivity index (χ0v) is 12.8. The third kappa shape index (κ3) is 2.34. The van der Waals surface area contributed by atoms with E-state index in [4.69, 9.17) is 0 Å². The van der Waals surface area contributed by atoms with Gasteiger partial charge in [0.1, 0.15) is 0 Å². The van der Waals surface area contributed by atoms with E-state index in [0.29, 0.717) is 6.04 Å². The standard InChI is InChI=1S/C16H17NS2/c1-3-17-15(16-11(2)8-9-18-16)13-10-19-14-7-5-4-6-12(13)14/h4-10,15,17H,3H2,1-2H3. The number of hydrogen-bond acceptors (Lipinski definition) is 3. The van der Waals surface area contributed by atoms with Gasteiger partial charge in [-0.25, -0.2) is 0 Å². The van der Waals surface area contributed by atoms with E-state index in [2.05, 4.69) is 60.3 Å². The molecule has 1 aromatic carbocycles. The van der Waals surface area contributed by atoms with Gasteiger partial charge in [-0.05, 0) is 52.9 Å². The second-order valence-corrected chi connectivity index (χ2v) is 6.50. The van der Waals surface area contributed by atoms with Crippen LogP contribution in [0.3, 0.4) is 0 Å². The summed E-state index contributed by atoms with van der Waals surface area (Å²) in [6.07, 6.45) is 0. The molecule has 19 heavy (non-hydrogen) atoms. The van der Waals surface area contributed by atoms with Crippen molar-refractivity contribution in [1.29, 1.82) is 0 Å². The van der Waals surface area contributed by atoms with E-state index >= 15 is 0 Å². The van der Waals surface area contributed by atoms with Gasteiger partial charge in [0, 0.05) is 9.58 Å². The van der Waals surface area contributed by atoms with Crippen molar-refractivity contribution in [2.24, 2.45) is 0 Å². The number of benzene rings is 1. The monoisotopic (exact) mass is 287 g/mol. The topological polar surface area (TPSA) is 12.0 Å². The van der Waals surface area contributed by atoms with Crippen LogP contribution in [0, 0.1) is 6.92 Å². The lowest BCUT2D eigenvalue weighted by Gasteiger charge is -2.17. The second kappa shape index (κ2) is 5.45. The first-order valence-corrected chi connectivity index (χ1v) is 8.30. The summed E-state index contributed by atoms with van der Waals surface area (Å²) in [7, 11) is 0. The van der Waals surface area contributed by atoms with Gasteiger partial charge in [-0.3, -0.25) is 0 Å². The molecule has 0 aliphatic heterocycles. The van der Waals surface area contributed by atoms with E-state index < -0.39 is 0 Å². The Hall–Kier alpha value is -1.16. The molecule has 0 fully saturated rings. The maximum atomic E-state index is 3.64. The van der Waals surface area contributed by atoms with Crippen molar-refractivity contribution >= 4 is 32.8 Å². The first-order chi connectivity index (χ1) is 9.31. The van der Waals surface area contributed by atoms with Crippen LogP contribution in [0.2, 0.25) is 0 Å². The molecule has 0 aliphatic carbocycles. The molecular formula is C16H17NS2. The molecule has 1 nitrogen and oxygen atoms in total. The summed E-state index contributed by atoms with van der Waals surface area (Å²) in [5.74, 6) is 0. The maximum absolute atomic E-state index is 3.64. The molecule has 2 aromatic heterocycles. The number of fused-ring (bicyclic) bond motifs is 1. The van der Waals surface area contributed by atoms with Crippen molar-refractivity contribution in [1.82, 2.24) is 5.32 Å². The Morgan fingerprint density at radius 3 is 2.74 bits per heavy atom. The van der Waals surface area contributed by atoms with E-state index in [1.165, 1.54) is 26.1 Å². The van der Waals surface area contributed by atoms with Crippen LogP contribution in [0.4, 0.5) is 0 Å². The Bertz CT molecular complexity index is 681. The lowest BCUT2D eigenvalue weighted by atomic mass is 10.0. The van der Waals surface area contributed by atoms with Crippen molar-refractivity contribution in [3.05, 3.63) is 57.1 Å². The Kier molecular flexibility index (Phi) is 3.69. The largest absolute Gasteiger partial charge is 0.306 e. The Labute approximate surface area is 121 Å². The zero-order valence-electron chi connectivity index (χ0n) is 11.1. The Morgan fingerprint density at radius 2 is 2.00 bits per heavy atom. The second-order valence-electron chi connectivity index (χ2n) is 4.65. The molecule has 98 valence electrons. The molecule has 3 heteroatoms. The highest BCUT2D eigenvalue weighted by molar-refractivity contribution is 7.17. The van der Waals surface area contributed by atoms with Crippen LogP contribution in [0.1, 0.15) is 29.0 Å². The van der Waals surface area contributed by atoms with Gasteiger partial charge in [0.25, 0.3) is 0 Å². The Balaban J connectivity index is 2.12. The lowest BCUT2D eigenvalue weighted by molar-refractivity contribution is 0.642. The van der Waals surface area contributed by atoms with Gasteiger partial charge in [-0.1, -0.05) is 25.1 Å². The minimum Gasteiger partial charge on any atom is -0.306 e. The fraction of sp³-hybridized carbons (Fsp3) is 0.250. The van der Waals surface area contributed by atoms with Crippen molar-refractivity contribution in [3.63, 3.8) is 0 Å². The normalized spacial score (nSPS) is 12.9. The third-order valence-corrected chi connectivity index (χ3v) is 5.46. The van der Waals surface area contributed by atoms with E-state index in [-0.39, 0.29) is 0 Å². The molecule has 0 bridgehead atoms. The molecule has 0 saturated heterocycles. The molecule has 1 N–H and O–H groups in total. The first-order valence-electron chi connectivity index (χ1n) is 6.54. The lowest BCUT2D eigenvalue weighted by Crippen LogP contribution is -2.21. The highest BCUT2D eigenvalue weighted by Gasteiger charge is 2.19. The molecule has 0 aliphatic rings.